The summed E-state index contributed by atoms with van der Waals surface area (Å²) in [5.74, 6) is -0.200. The smallest absolute Gasteiger partial charge is 0.306 e. The molecule has 0 heterocycles. The van der Waals surface area contributed by atoms with Crippen molar-refractivity contribution in [1.29, 1.82) is 0 Å². The van der Waals surface area contributed by atoms with Gasteiger partial charge in [0, 0.05) is 6.54 Å². The highest BCUT2D eigenvalue weighted by Gasteiger charge is 1.98. The van der Waals surface area contributed by atoms with Crippen molar-refractivity contribution < 1.29 is 14.6 Å². The molecular weight excluding hydrogens is 218 g/mol. The van der Waals surface area contributed by atoms with Gasteiger partial charge in [0.1, 0.15) is 5.75 Å². The van der Waals surface area contributed by atoms with Gasteiger partial charge in [-0.2, -0.15) is 0 Å². The molecule has 0 aliphatic heterocycles. The Kier molecular flexibility index (Phi) is 6.49. The molecule has 3 N–H and O–H groups in total. The Hall–Kier alpha value is -1.26. The molecule has 0 spiro atoms. The fraction of sp³-hybridized carbons (Fsp3) is 0.300. The number of hydrogen-bond donors (Lipinski definition) is 2. The molecule has 84 valence electrons. The van der Waals surface area contributed by atoms with E-state index in [9.17, 15) is 4.79 Å². The summed E-state index contributed by atoms with van der Waals surface area (Å²) in [6.07, 6.45) is 0.00680. The van der Waals surface area contributed by atoms with Gasteiger partial charge in [-0.15, -0.1) is 12.4 Å². The van der Waals surface area contributed by atoms with Gasteiger partial charge in [-0.05, 0) is 17.7 Å². The lowest BCUT2D eigenvalue weighted by atomic mass is 10.2. The van der Waals surface area contributed by atoms with Crippen molar-refractivity contribution in [2.24, 2.45) is 5.73 Å². The average Bonchev–Trinajstić information content (AvgIpc) is 2.18. The van der Waals surface area contributed by atoms with Gasteiger partial charge in [0.15, 0.2) is 0 Å². The van der Waals surface area contributed by atoms with Crippen molar-refractivity contribution in [3.63, 3.8) is 0 Å². The zero-order valence-corrected chi connectivity index (χ0v) is 9.00. The fourth-order valence-corrected chi connectivity index (χ4v) is 1.02. The van der Waals surface area contributed by atoms with Crippen molar-refractivity contribution in [1.82, 2.24) is 0 Å². The third-order valence-electron chi connectivity index (χ3n) is 1.72. The Morgan fingerprint density at radius 2 is 2.20 bits per heavy atom. The van der Waals surface area contributed by atoms with Crippen LogP contribution in [0.1, 0.15) is 12.0 Å². The van der Waals surface area contributed by atoms with Gasteiger partial charge in [0.2, 0.25) is 0 Å². The lowest BCUT2D eigenvalue weighted by Gasteiger charge is -2.05. The first-order chi connectivity index (χ1) is 6.72. The summed E-state index contributed by atoms with van der Waals surface area (Å²) in [7, 11) is 0. The SMILES string of the molecule is Cl.NCc1cccc(OCCC(=O)O)c1. The van der Waals surface area contributed by atoms with Crippen LogP contribution in [0.15, 0.2) is 24.3 Å². The molecule has 1 aromatic rings. The van der Waals surface area contributed by atoms with E-state index in [1.165, 1.54) is 0 Å². The minimum atomic E-state index is -0.861. The summed E-state index contributed by atoms with van der Waals surface area (Å²) >= 11 is 0. The number of aliphatic carboxylic acids is 1. The topological polar surface area (TPSA) is 72.5 Å². The van der Waals surface area contributed by atoms with Crippen molar-refractivity contribution in [3.8, 4) is 5.75 Å². The molecule has 0 amide bonds. The molecule has 1 aromatic carbocycles. The summed E-state index contributed by atoms with van der Waals surface area (Å²) < 4.78 is 5.22. The first-order valence-electron chi connectivity index (χ1n) is 4.36. The van der Waals surface area contributed by atoms with Gasteiger partial charge < -0.3 is 15.6 Å². The van der Waals surface area contributed by atoms with Crippen LogP contribution in [0, 0.1) is 0 Å². The second-order valence-corrected chi connectivity index (χ2v) is 2.84. The zero-order valence-electron chi connectivity index (χ0n) is 8.18. The summed E-state index contributed by atoms with van der Waals surface area (Å²) in [5.41, 5.74) is 6.42. The van der Waals surface area contributed by atoms with E-state index in [0.29, 0.717) is 12.3 Å². The number of benzene rings is 1. The predicted molar refractivity (Wildman–Crippen MR) is 59.3 cm³/mol. The number of carboxylic acids is 1. The van der Waals surface area contributed by atoms with Crippen LogP contribution in [0.2, 0.25) is 0 Å². The highest BCUT2D eigenvalue weighted by Crippen LogP contribution is 2.12. The third-order valence-corrected chi connectivity index (χ3v) is 1.72. The van der Waals surface area contributed by atoms with Gasteiger partial charge in [-0.25, -0.2) is 0 Å². The predicted octanol–water partition coefficient (Wildman–Crippen LogP) is 1.42. The molecule has 0 aliphatic rings. The normalized spacial score (nSPS) is 9.13. The van der Waals surface area contributed by atoms with Crippen molar-refractivity contribution in [2.45, 2.75) is 13.0 Å². The van der Waals surface area contributed by atoms with Crippen LogP contribution in [-0.4, -0.2) is 17.7 Å². The molecular formula is C10H14ClNO3. The Morgan fingerprint density at radius 3 is 2.80 bits per heavy atom. The van der Waals surface area contributed by atoms with Crippen LogP contribution in [0.25, 0.3) is 0 Å². The number of rotatable bonds is 5. The molecule has 0 atom stereocenters. The van der Waals surface area contributed by atoms with E-state index in [2.05, 4.69) is 0 Å². The van der Waals surface area contributed by atoms with E-state index in [0.717, 1.165) is 5.56 Å². The Bertz CT molecular complexity index is 317. The Balaban J connectivity index is 0.00000196. The largest absolute Gasteiger partial charge is 0.493 e. The summed E-state index contributed by atoms with van der Waals surface area (Å²) in [5, 5.41) is 8.39. The van der Waals surface area contributed by atoms with Crippen molar-refractivity contribution >= 4 is 18.4 Å². The molecule has 4 nitrogen and oxygen atoms in total. The van der Waals surface area contributed by atoms with Crippen LogP contribution >= 0.6 is 12.4 Å². The van der Waals surface area contributed by atoms with E-state index in [4.69, 9.17) is 15.6 Å². The number of ether oxygens (including phenoxy) is 1. The molecule has 0 bridgehead atoms. The van der Waals surface area contributed by atoms with Gasteiger partial charge in [0.05, 0.1) is 13.0 Å². The summed E-state index contributed by atoms with van der Waals surface area (Å²) in [4.78, 5) is 10.2. The minimum absolute atomic E-state index is 0. The maximum atomic E-state index is 10.2. The highest BCUT2D eigenvalue weighted by atomic mass is 35.5. The molecule has 0 radical (unpaired) electrons. The number of carboxylic acid groups (broad SMARTS) is 1. The van der Waals surface area contributed by atoms with Gasteiger partial charge in [-0.1, -0.05) is 12.1 Å². The van der Waals surface area contributed by atoms with E-state index >= 15 is 0 Å². The van der Waals surface area contributed by atoms with Crippen LogP contribution in [0.5, 0.6) is 5.75 Å². The van der Waals surface area contributed by atoms with Gasteiger partial charge >= 0.3 is 5.97 Å². The Morgan fingerprint density at radius 1 is 1.47 bits per heavy atom. The van der Waals surface area contributed by atoms with E-state index in [-0.39, 0.29) is 25.4 Å². The second kappa shape index (κ2) is 7.09. The molecule has 0 saturated heterocycles. The molecule has 1 rings (SSSR count). The van der Waals surface area contributed by atoms with Crippen LogP contribution in [0.4, 0.5) is 0 Å². The van der Waals surface area contributed by atoms with Crippen LogP contribution in [-0.2, 0) is 11.3 Å². The van der Waals surface area contributed by atoms with E-state index < -0.39 is 5.97 Å². The highest BCUT2D eigenvalue weighted by molar-refractivity contribution is 5.85. The van der Waals surface area contributed by atoms with Gasteiger partial charge in [-0.3, -0.25) is 4.79 Å². The number of hydrogen-bond acceptors (Lipinski definition) is 3. The standard InChI is InChI=1S/C10H13NO3.ClH/c11-7-8-2-1-3-9(6-8)14-5-4-10(12)13;/h1-3,6H,4-5,7,11H2,(H,12,13);1H. The maximum absolute atomic E-state index is 10.2. The van der Waals surface area contributed by atoms with Crippen molar-refractivity contribution in [2.75, 3.05) is 6.61 Å². The molecule has 5 heteroatoms. The molecule has 0 aliphatic carbocycles. The number of carbonyl (C=O) groups is 1. The molecule has 0 fully saturated rings. The first-order valence-corrected chi connectivity index (χ1v) is 4.36. The molecule has 15 heavy (non-hydrogen) atoms. The first kappa shape index (κ1) is 13.7. The van der Waals surface area contributed by atoms with Crippen LogP contribution < -0.4 is 10.5 Å². The monoisotopic (exact) mass is 231 g/mol. The van der Waals surface area contributed by atoms with Crippen LogP contribution in [0.3, 0.4) is 0 Å². The van der Waals surface area contributed by atoms with Gasteiger partial charge in [0.25, 0.3) is 0 Å². The van der Waals surface area contributed by atoms with E-state index in [1.807, 2.05) is 18.2 Å². The lowest BCUT2D eigenvalue weighted by Crippen LogP contribution is -2.05. The number of halogens is 1. The number of nitrogens with two attached hydrogens (primary N) is 1. The minimum Gasteiger partial charge on any atom is -0.493 e. The quantitative estimate of drug-likeness (QED) is 0.804. The molecule has 0 saturated carbocycles. The van der Waals surface area contributed by atoms with E-state index in [1.54, 1.807) is 6.07 Å². The summed E-state index contributed by atoms with van der Waals surface area (Å²) in [6, 6.07) is 7.31. The zero-order chi connectivity index (χ0) is 10.4. The maximum Gasteiger partial charge on any atom is 0.306 e. The molecule has 0 unspecified atom stereocenters. The Labute approximate surface area is 94.5 Å². The average molecular weight is 232 g/mol. The lowest BCUT2D eigenvalue weighted by molar-refractivity contribution is -0.137. The fourth-order valence-electron chi connectivity index (χ4n) is 1.02. The summed E-state index contributed by atoms with van der Waals surface area (Å²) in [6.45, 7) is 0.638. The molecule has 0 aromatic heterocycles. The second-order valence-electron chi connectivity index (χ2n) is 2.84. The van der Waals surface area contributed by atoms with Crippen molar-refractivity contribution in [3.05, 3.63) is 29.8 Å². The third kappa shape index (κ3) is 5.24.